The van der Waals surface area contributed by atoms with Gasteiger partial charge in [0.15, 0.2) is 11.5 Å². The van der Waals surface area contributed by atoms with Crippen LogP contribution in [0.2, 0.25) is 0 Å². The molecule has 2 aromatic carbocycles. The Morgan fingerprint density at radius 3 is 2.56 bits per heavy atom. The van der Waals surface area contributed by atoms with Crippen molar-refractivity contribution >= 4 is 6.03 Å². The summed E-state index contributed by atoms with van der Waals surface area (Å²) in [5, 5.41) is 6.06. The molecule has 32 heavy (non-hydrogen) atoms. The minimum Gasteiger partial charge on any atom is -0.497 e. The van der Waals surface area contributed by atoms with E-state index in [0.29, 0.717) is 12.3 Å². The monoisotopic (exact) mass is 441 g/mol. The van der Waals surface area contributed by atoms with Crippen LogP contribution in [-0.4, -0.2) is 51.4 Å². The Bertz CT molecular complexity index is 918. The number of hydrogen-bond donors (Lipinski definition) is 2. The van der Waals surface area contributed by atoms with E-state index in [9.17, 15) is 4.79 Å². The van der Waals surface area contributed by atoms with Crippen molar-refractivity contribution in [2.24, 2.45) is 0 Å². The Morgan fingerprint density at radius 2 is 1.88 bits per heavy atom. The van der Waals surface area contributed by atoms with E-state index in [0.717, 1.165) is 43.0 Å². The van der Waals surface area contributed by atoms with Gasteiger partial charge in [0.2, 0.25) is 0 Å². The Hall–Kier alpha value is -2.93. The first-order chi connectivity index (χ1) is 15.5. The Balaban J connectivity index is 1.94. The molecule has 1 aliphatic rings. The highest BCUT2D eigenvalue weighted by atomic mass is 16.5. The van der Waals surface area contributed by atoms with E-state index in [1.807, 2.05) is 19.1 Å². The molecule has 0 saturated heterocycles. The molecule has 7 nitrogen and oxygen atoms in total. The third kappa shape index (κ3) is 5.46. The van der Waals surface area contributed by atoms with Crippen molar-refractivity contribution in [2.75, 3.05) is 34.4 Å². The van der Waals surface area contributed by atoms with Gasteiger partial charge in [-0.05, 0) is 60.7 Å². The summed E-state index contributed by atoms with van der Waals surface area (Å²) < 4.78 is 16.5. The number of hydrogen-bond acceptors (Lipinski definition) is 5. The van der Waals surface area contributed by atoms with Gasteiger partial charge in [-0.3, -0.25) is 4.90 Å². The second-order valence-corrected chi connectivity index (χ2v) is 8.11. The molecule has 1 heterocycles. The number of methoxy groups -OCH3 is 3. The lowest BCUT2D eigenvalue weighted by molar-refractivity contribution is 0.143. The van der Waals surface area contributed by atoms with Crippen LogP contribution in [0.5, 0.6) is 17.2 Å². The number of fused-ring (bicyclic) bond motifs is 1. The minimum atomic E-state index is -0.145. The summed E-state index contributed by atoms with van der Waals surface area (Å²) in [6.45, 7) is 6.36. The van der Waals surface area contributed by atoms with Crippen molar-refractivity contribution in [3.63, 3.8) is 0 Å². The molecule has 174 valence electrons. The van der Waals surface area contributed by atoms with Crippen LogP contribution in [0, 0.1) is 0 Å². The number of carbonyl (C=O) groups excluding carboxylic acids is 1. The first-order valence-corrected chi connectivity index (χ1v) is 11.2. The summed E-state index contributed by atoms with van der Waals surface area (Å²) in [5.41, 5.74) is 3.54. The van der Waals surface area contributed by atoms with Crippen LogP contribution in [0.25, 0.3) is 0 Å². The lowest BCUT2D eigenvalue weighted by Crippen LogP contribution is -2.49. The van der Waals surface area contributed by atoms with Gasteiger partial charge in [0, 0.05) is 25.7 Å². The maximum atomic E-state index is 12.4. The van der Waals surface area contributed by atoms with E-state index in [1.165, 1.54) is 11.1 Å². The number of nitrogens with zero attached hydrogens (tertiary/aromatic N) is 1. The van der Waals surface area contributed by atoms with E-state index in [-0.39, 0.29) is 18.1 Å². The highest BCUT2D eigenvalue weighted by molar-refractivity contribution is 5.74. The molecule has 1 aliphatic heterocycles. The van der Waals surface area contributed by atoms with Gasteiger partial charge in [0.1, 0.15) is 5.75 Å². The standard InChI is InChI=1S/C25H35N3O4/c1-6-11-26-25(29)27-17(2)24-21-15-23(32-5)22(31-4)14-19(21)10-12-28(24)16-18-8-7-9-20(13-18)30-3/h7-9,13-15,17,24H,6,10-12,16H2,1-5H3,(H2,26,27,29)/t17-,24+/m0/s1. The Morgan fingerprint density at radius 1 is 1.12 bits per heavy atom. The second-order valence-electron chi connectivity index (χ2n) is 8.11. The fourth-order valence-electron chi connectivity index (χ4n) is 4.37. The largest absolute Gasteiger partial charge is 0.497 e. The molecule has 2 atom stereocenters. The third-order valence-electron chi connectivity index (χ3n) is 5.91. The van der Waals surface area contributed by atoms with Gasteiger partial charge in [0.25, 0.3) is 0 Å². The fraction of sp³-hybridized carbons (Fsp3) is 0.480. The number of amides is 2. The molecule has 0 radical (unpaired) electrons. The Kier molecular flexibility index (Phi) is 8.22. The van der Waals surface area contributed by atoms with Crippen molar-refractivity contribution in [3.8, 4) is 17.2 Å². The van der Waals surface area contributed by atoms with Crippen LogP contribution in [0.4, 0.5) is 4.79 Å². The molecule has 0 spiro atoms. The molecule has 0 aromatic heterocycles. The maximum Gasteiger partial charge on any atom is 0.315 e. The van der Waals surface area contributed by atoms with E-state index in [2.05, 4.69) is 46.7 Å². The lowest BCUT2D eigenvalue weighted by atomic mass is 9.87. The molecule has 2 N–H and O–H groups in total. The normalized spacial score (nSPS) is 16.6. The van der Waals surface area contributed by atoms with E-state index >= 15 is 0 Å². The Labute approximate surface area is 191 Å². The van der Waals surface area contributed by atoms with E-state index in [4.69, 9.17) is 14.2 Å². The summed E-state index contributed by atoms with van der Waals surface area (Å²) in [4.78, 5) is 14.8. The zero-order valence-electron chi connectivity index (χ0n) is 19.7. The highest BCUT2D eigenvalue weighted by Crippen LogP contribution is 2.40. The van der Waals surface area contributed by atoms with E-state index in [1.54, 1.807) is 21.3 Å². The van der Waals surface area contributed by atoms with Crippen molar-refractivity contribution in [1.29, 1.82) is 0 Å². The fourth-order valence-corrected chi connectivity index (χ4v) is 4.37. The zero-order valence-corrected chi connectivity index (χ0v) is 19.7. The molecule has 3 rings (SSSR count). The molecule has 7 heteroatoms. The number of rotatable bonds is 9. The van der Waals surface area contributed by atoms with Crippen LogP contribution in [-0.2, 0) is 13.0 Å². The predicted molar refractivity (Wildman–Crippen MR) is 126 cm³/mol. The van der Waals surface area contributed by atoms with Gasteiger partial charge < -0.3 is 24.8 Å². The van der Waals surface area contributed by atoms with Crippen molar-refractivity contribution in [3.05, 3.63) is 53.1 Å². The van der Waals surface area contributed by atoms with Gasteiger partial charge in [-0.1, -0.05) is 19.1 Å². The van der Waals surface area contributed by atoms with Crippen LogP contribution >= 0.6 is 0 Å². The molecule has 2 aromatic rings. The molecule has 0 unspecified atom stereocenters. The summed E-state index contributed by atoms with van der Waals surface area (Å²) in [6, 6.07) is 12.0. The number of ether oxygens (including phenoxy) is 3. The van der Waals surface area contributed by atoms with Gasteiger partial charge in [0.05, 0.1) is 27.4 Å². The van der Waals surface area contributed by atoms with Gasteiger partial charge in [-0.15, -0.1) is 0 Å². The molecule has 2 amide bonds. The zero-order chi connectivity index (χ0) is 23.1. The number of benzene rings is 2. The van der Waals surface area contributed by atoms with Crippen LogP contribution < -0.4 is 24.8 Å². The van der Waals surface area contributed by atoms with Gasteiger partial charge in [-0.25, -0.2) is 4.79 Å². The second kappa shape index (κ2) is 11.1. The highest BCUT2D eigenvalue weighted by Gasteiger charge is 2.33. The number of nitrogens with one attached hydrogen (secondary N) is 2. The van der Waals surface area contributed by atoms with Crippen LogP contribution in [0.15, 0.2) is 36.4 Å². The van der Waals surface area contributed by atoms with Gasteiger partial charge in [-0.2, -0.15) is 0 Å². The summed E-state index contributed by atoms with van der Waals surface area (Å²) in [7, 11) is 4.98. The topological polar surface area (TPSA) is 72.1 Å². The van der Waals surface area contributed by atoms with Crippen LogP contribution in [0.1, 0.15) is 43.0 Å². The molecular formula is C25H35N3O4. The van der Waals surface area contributed by atoms with Gasteiger partial charge >= 0.3 is 6.03 Å². The predicted octanol–water partition coefficient (Wildman–Crippen LogP) is 3.91. The third-order valence-corrected chi connectivity index (χ3v) is 5.91. The van der Waals surface area contributed by atoms with Crippen molar-refractivity contribution in [1.82, 2.24) is 15.5 Å². The lowest BCUT2D eigenvalue weighted by Gasteiger charge is -2.41. The van der Waals surface area contributed by atoms with E-state index < -0.39 is 0 Å². The first kappa shape index (κ1) is 23.7. The molecule has 0 saturated carbocycles. The summed E-state index contributed by atoms with van der Waals surface area (Å²) in [5.74, 6) is 2.27. The minimum absolute atomic E-state index is 0.0165. The average molecular weight is 442 g/mol. The maximum absolute atomic E-state index is 12.4. The molecular weight excluding hydrogens is 406 g/mol. The number of carbonyl (C=O) groups is 1. The summed E-state index contributed by atoms with van der Waals surface area (Å²) >= 11 is 0. The molecule has 0 fully saturated rings. The van der Waals surface area contributed by atoms with Crippen molar-refractivity contribution in [2.45, 2.75) is 45.3 Å². The summed E-state index contributed by atoms with van der Waals surface area (Å²) in [6.07, 6.45) is 1.79. The smallest absolute Gasteiger partial charge is 0.315 e. The first-order valence-electron chi connectivity index (χ1n) is 11.2. The molecule has 0 aliphatic carbocycles. The molecule has 0 bridgehead atoms. The quantitative estimate of drug-likeness (QED) is 0.617. The SMILES string of the molecule is CCCNC(=O)N[C@@H](C)[C@@H]1c2cc(OC)c(OC)cc2CCN1Cc1cccc(OC)c1. The average Bonchev–Trinajstić information content (AvgIpc) is 2.81. The number of urea groups is 1. The van der Waals surface area contributed by atoms with Crippen LogP contribution in [0.3, 0.4) is 0 Å². The van der Waals surface area contributed by atoms with Crippen molar-refractivity contribution < 1.29 is 19.0 Å².